The molecule has 2 unspecified atom stereocenters. The van der Waals surface area contributed by atoms with E-state index in [2.05, 4.69) is 9.88 Å². The number of aromatic nitrogens is 1. The van der Waals surface area contributed by atoms with Crippen LogP contribution in [0, 0.1) is 0 Å². The third-order valence-electron chi connectivity index (χ3n) is 4.06. The van der Waals surface area contributed by atoms with Crippen LogP contribution in [-0.2, 0) is 16.4 Å². The van der Waals surface area contributed by atoms with Crippen LogP contribution in [0.4, 0.5) is 0 Å². The molecule has 4 nitrogen and oxygen atoms in total. The van der Waals surface area contributed by atoms with Crippen molar-refractivity contribution in [2.24, 2.45) is 0 Å². The zero-order chi connectivity index (χ0) is 14.8. The minimum Gasteiger partial charge on any atom is -0.298 e. The van der Waals surface area contributed by atoms with Crippen LogP contribution in [0.15, 0.2) is 18.5 Å². The molecule has 0 saturated heterocycles. The van der Waals surface area contributed by atoms with Crippen LogP contribution in [-0.4, -0.2) is 42.9 Å². The first-order valence-electron chi connectivity index (χ1n) is 6.87. The third-order valence-corrected chi connectivity index (χ3v) is 6.05. The van der Waals surface area contributed by atoms with Crippen molar-refractivity contribution in [3.63, 3.8) is 0 Å². The molecular formula is C14H21ClN2O2S. The van der Waals surface area contributed by atoms with Gasteiger partial charge in [0.25, 0.3) is 0 Å². The maximum atomic E-state index is 12.0. The van der Waals surface area contributed by atoms with Gasteiger partial charge >= 0.3 is 0 Å². The van der Waals surface area contributed by atoms with Crippen LogP contribution in [0.25, 0.3) is 0 Å². The molecule has 6 heteroatoms. The van der Waals surface area contributed by atoms with E-state index in [4.69, 9.17) is 11.6 Å². The van der Waals surface area contributed by atoms with Gasteiger partial charge in [0.2, 0.25) is 0 Å². The Morgan fingerprint density at radius 3 is 2.75 bits per heavy atom. The predicted octanol–water partition coefficient (Wildman–Crippen LogP) is 2.52. The number of hydrogen-bond acceptors (Lipinski definition) is 4. The average Bonchev–Trinajstić information content (AvgIpc) is 2.40. The molecule has 1 aliphatic rings. The van der Waals surface area contributed by atoms with E-state index >= 15 is 0 Å². The summed E-state index contributed by atoms with van der Waals surface area (Å²) in [7, 11) is -1.03. The van der Waals surface area contributed by atoms with Crippen LogP contribution >= 0.6 is 11.6 Å². The standard InChI is InChI=1S/C14H21ClN2O2S/c1-17(10-11-7-8-16-9-12(11)15)13-5-3-4-6-14(13)20(2,18)19/h7-9,13-14H,3-6,10H2,1-2H3. The smallest absolute Gasteiger partial charge is 0.151 e. The summed E-state index contributed by atoms with van der Waals surface area (Å²) >= 11 is 6.13. The summed E-state index contributed by atoms with van der Waals surface area (Å²) in [5, 5.41) is 0.368. The van der Waals surface area contributed by atoms with E-state index in [-0.39, 0.29) is 11.3 Å². The van der Waals surface area contributed by atoms with Crippen LogP contribution < -0.4 is 0 Å². The van der Waals surface area contributed by atoms with Crippen LogP contribution in [0.3, 0.4) is 0 Å². The SMILES string of the molecule is CN(Cc1ccncc1Cl)C1CCCCC1S(C)(=O)=O. The quantitative estimate of drug-likeness (QED) is 0.856. The molecule has 20 heavy (non-hydrogen) atoms. The molecule has 1 saturated carbocycles. The maximum absolute atomic E-state index is 12.0. The van der Waals surface area contributed by atoms with E-state index in [9.17, 15) is 8.42 Å². The van der Waals surface area contributed by atoms with Gasteiger partial charge in [0, 0.05) is 31.2 Å². The molecule has 0 aliphatic heterocycles. The van der Waals surface area contributed by atoms with E-state index in [1.54, 1.807) is 12.4 Å². The highest BCUT2D eigenvalue weighted by molar-refractivity contribution is 7.91. The van der Waals surface area contributed by atoms with E-state index in [1.165, 1.54) is 6.26 Å². The predicted molar refractivity (Wildman–Crippen MR) is 81.6 cm³/mol. The van der Waals surface area contributed by atoms with Gasteiger partial charge in [0.05, 0.1) is 10.3 Å². The first-order chi connectivity index (χ1) is 9.39. The maximum Gasteiger partial charge on any atom is 0.151 e. The summed E-state index contributed by atoms with van der Waals surface area (Å²) in [6, 6.07) is 1.96. The van der Waals surface area contributed by atoms with Crippen molar-refractivity contribution >= 4 is 21.4 Å². The Hall–Kier alpha value is -0.650. The summed E-state index contributed by atoms with van der Waals surface area (Å²) in [5.41, 5.74) is 0.988. The first-order valence-corrected chi connectivity index (χ1v) is 9.20. The second kappa shape index (κ2) is 6.41. The lowest BCUT2D eigenvalue weighted by molar-refractivity contribution is 0.187. The lowest BCUT2D eigenvalue weighted by atomic mass is 9.93. The van der Waals surface area contributed by atoms with Crippen molar-refractivity contribution < 1.29 is 8.42 Å². The summed E-state index contributed by atoms with van der Waals surface area (Å²) in [6.07, 6.45) is 8.46. The number of sulfone groups is 1. The van der Waals surface area contributed by atoms with E-state index in [0.717, 1.165) is 31.2 Å². The molecule has 0 amide bonds. The molecule has 2 atom stereocenters. The third kappa shape index (κ3) is 3.71. The van der Waals surface area contributed by atoms with Gasteiger partial charge in [0.15, 0.2) is 9.84 Å². The van der Waals surface area contributed by atoms with Gasteiger partial charge in [-0.1, -0.05) is 24.4 Å². The molecule has 0 N–H and O–H groups in total. The van der Waals surface area contributed by atoms with Crippen LogP contribution in [0.2, 0.25) is 5.02 Å². The van der Waals surface area contributed by atoms with Gasteiger partial charge in [-0.3, -0.25) is 9.88 Å². The highest BCUT2D eigenvalue weighted by atomic mass is 35.5. The van der Waals surface area contributed by atoms with Gasteiger partial charge < -0.3 is 0 Å². The molecule has 1 heterocycles. The number of hydrogen-bond donors (Lipinski definition) is 0. The van der Waals surface area contributed by atoms with Crippen LogP contribution in [0.5, 0.6) is 0 Å². The monoisotopic (exact) mass is 316 g/mol. The number of halogens is 1. The molecule has 0 spiro atoms. The van der Waals surface area contributed by atoms with Gasteiger partial charge in [-0.05, 0) is 31.5 Å². The Morgan fingerprint density at radius 1 is 1.40 bits per heavy atom. The summed E-state index contributed by atoms with van der Waals surface area (Å²) in [4.78, 5) is 6.09. The van der Waals surface area contributed by atoms with Crippen molar-refractivity contribution in [3.8, 4) is 0 Å². The van der Waals surface area contributed by atoms with Gasteiger partial charge in [-0.25, -0.2) is 8.42 Å². The minimum absolute atomic E-state index is 0.0722. The number of rotatable bonds is 4. The highest BCUT2D eigenvalue weighted by Crippen LogP contribution is 2.29. The Balaban J connectivity index is 2.14. The fraction of sp³-hybridized carbons (Fsp3) is 0.643. The minimum atomic E-state index is -3.01. The second-order valence-electron chi connectivity index (χ2n) is 5.60. The fourth-order valence-electron chi connectivity index (χ4n) is 3.00. The van der Waals surface area contributed by atoms with Crippen molar-refractivity contribution in [2.75, 3.05) is 13.3 Å². The second-order valence-corrected chi connectivity index (χ2v) is 8.27. The Labute approximate surface area is 126 Å². The van der Waals surface area contributed by atoms with Crippen molar-refractivity contribution in [2.45, 2.75) is 43.5 Å². The topological polar surface area (TPSA) is 50.3 Å². The van der Waals surface area contributed by atoms with Gasteiger partial charge in [-0.2, -0.15) is 0 Å². The summed E-state index contributed by atoms with van der Waals surface area (Å²) in [6.45, 7) is 0.651. The lowest BCUT2D eigenvalue weighted by Gasteiger charge is -2.37. The van der Waals surface area contributed by atoms with E-state index < -0.39 is 9.84 Å². The largest absolute Gasteiger partial charge is 0.298 e. The Bertz CT molecular complexity index is 562. The number of nitrogens with zero attached hydrogens (tertiary/aromatic N) is 2. The number of pyridine rings is 1. The van der Waals surface area contributed by atoms with Gasteiger partial charge in [-0.15, -0.1) is 0 Å². The fourth-order valence-corrected chi connectivity index (χ4v) is 4.69. The summed E-state index contributed by atoms with van der Waals surface area (Å²) < 4.78 is 23.9. The normalized spacial score (nSPS) is 24.0. The van der Waals surface area contributed by atoms with Crippen molar-refractivity contribution in [3.05, 3.63) is 29.0 Å². The molecule has 1 fully saturated rings. The summed E-state index contributed by atoms with van der Waals surface area (Å²) in [5.74, 6) is 0. The molecule has 112 valence electrons. The molecule has 0 bridgehead atoms. The van der Waals surface area contributed by atoms with Gasteiger partial charge in [0.1, 0.15) is 0 Å². The Kier molecular flexibility index (Phi) is 5.04. The molecule has 1 aliphatic carbocycles. The zero-order valence-corrected chi connectivity index (χ0v) is 13.5. The zero-order valence-electron chi connectivity index (χ0n) is 11.9. The van der Waals surface area contributed by atoms with Crippen molar-refractivity contribution in [1.29, 1.82) is 0 Å². The molecule has 0 radical (unpaired) electrons. The molecule has 1 aromatic rings. The lowest BCUT2D eigenvalue weighted by Crippen LogP contribution is -2.46. The molecule has 0 aromatic carbocycles. The molecule has 1 aromatic heterocycles. The molecular weight excluding hydrogens is 296 g/mol. The first kappa shape index (κ1) is 15.7. The van der Waals surface area contributed by atoms with E-state index in [1.807, 2.05) is 13.1 Å². The van der Waals surface area contributed by atoms with E-state index in [0.29, 0.717) is 11.6 Å². The molecule has 2 rings (SSSR count). The van der Waals surface area contributed by atoms with Crippen LogP contribution in [0.1, 0.15) is 31.2 Å². The average molecular weight is 317 g/mol. The van der Waals surface area contributed by atoms with Crippen molar-refractivity contribution in [1.82, 2.24) is 9.88 Å². The Morgan fingerprint density at radius 2 is 2.10 bits per heavy atom. The highest BCUT2D eigenvalue weighted by Gasteiger charge is 2.35.